The summed E-state index contributed by atoms with van der Waals surface area (Å²) in [5.41, 5.74) is 7.40. The topological polar surface area (TPSA) is 92.9 Å². The van der Waals surface area contributed by atoms with Crippen molar-refractivity contribution in [3.8, 4) is 0 Å². The fraction of sp³-hybridized carbons (Fsp3) is 0.154. The normalized spacial score (nSPS) is 10.2. The maximum absolute atomic E-state index is 13.2. The van der Waals surface area contributed by atoms with Gasteiger partial charge in [0.25, 0.3) is 5.91 Å². The van der Waals surface area contributed by atoms with Crippen molar-refractivity contribution < 1.29 is 9.18 Å². The van der Waals surface area contributed by atoms with Gasteiger partial charge in [-0.2, -0.15) is 14.4 Å². The summed E-state index contributed by atoms with van der Waals surface area (Å²) in [6.07, 6.45) is 0. The quantitative estimate of drug-likeness (QED) is 0.740. The largest absolute Gasteiger partial charge is 0.368 e. The zero-order valence-corrected chi connectivity index (χ0v) is 11.1. The molecule has 0 aliphatic rings. The van der Waals surface area contributed by atoms with E-state index in [1.165, 1.54) is 0 Å². The molecule has 0 aliphatic heterocycles. The number of hydrogen-bond donors (Lipinski definition) is 3. The molecule has 0 fully saturated rings. The molecule has 0 unspecified atom stereocenters. The summed E-state index contributed by atoms with van der Waals surface area (Å²) in [5, 5.41) is 5.46. The van der Waals surface area contributed by atoms with E-state index >= 15 is 0 Å². The monoisotopic (exact) mass is 275 g/mol. The highest BCUT2D eigenvalue weighted by atomic mass is 19.1. The number of carbonyl (C=O) groups excluding carboxylic acids is 1. The lowest BCUT2D eigenvalue weighted by Gasteiger charge is -2.11. The van der Waals surface area contributed by atoms with Gasteiger partial charge in [0.05, 0.1) is 0 Å². The van der Waals surface area contributed by atoms with Crippen molar-refractivity contribution >= 4 is 23.4 Å². The second-order valence-electron chi connectivity index (χ2n) is 4.17. The van der Waals surface area contributed by atoms with Gasteiger partial charge < -0.3 is 16.4 Å². The first-order chi connectivity index (χ1) is 9.49. The Balaban J connectivity index is 2.34. The Labute approximate surface area is 115 Å². The first-order valence-corrected chi connectivity index (χ1v) is 5.89. The van der Waals surface area contributed by atoms with Crippen molar-refractivity contribution in [2.24, 2.45) is 0 Å². The van der Waals surface area contributed by atoms with E-state index in [4.69, 9.17) is 5.73 Å². The van der Waals surface area contributed by atoms with Gasteiger partial charge in [0.2, 0.25) is 11.9 Å². The highest BCUT2D eigenvalue weighted by molar-refractivity contribution is 5.95. The van der Waals surface area contributed by atoms with Gasteiger partial charge in [0, 0.05) is 24.4 Å². The van der Waals surface area contributed by atoms with Gasteiger partial charge in [0.1, 0.15) is 5.82 Å². The number of rotatable bonds is 3. The summed E-state index contributed by atoms with van der Waals surface area (Å²) < 4.78 is 13.2. The van der Waals surface area contributed by atoms with Crippen molar-refractivity contribution in [1.29, 1.82) is 0 Å². The van der Waals surface area contributed by atoms with Crippen LogP contribution in [0.25, 0.3) is 0 Å². The van der Waals surface area contributed by atoms with Crippen LogP contribution in [0, 0.1) is 12.9 Å². The molecule has 104 valence electrons. The second-order valence-corrected chi connectivity index (χ2v) is 4.17. The maximum atomic E-state index is 13.2. The van der Waals surface area contributed by atoms with E-state index in [2.05, 4.69) is 20.6 Å². The van der Waals surface area contributed by atoms with Crippen LogP contribution in [0.4, 0.5) is 21.8 Å². The third-order valence-corrected chi connectivity index (χ3v) is 2.70. The summed E-state index contributed by atoms with van der Waals surface area (Å²) in [5.74, 6) is -0.860. The van der Waals surface area contributed by atoms with E-state index in [0.29, 0.717) is 11.3 Å². The van der Waals surface area contributed by atoms with Crippen LogP contribution in [0.2, 0.25) is 0 Å². The molecule has 1 aromatic carbocycles. The van der Waals surface area contributed by atoms with Gasteiger partial charge >= 0.3 is 0 Å². The van der Waals surface area contributed by atoms with Crippen molar-refractivity contribution in [3.05, 3.63) is 41.3 Å². The smallest absolute Gasteiger partial charge is 0.251 e. The van der Waals surface area contributed by atoms with Crippen LogP contribution in [0.5, 0.6) is 0 Å². The number of anilines is 3. The summed E-state index contributed by atoms with van der Waals surface area (Å²) in [7, 11) is 1.55. The van der Waals surface area contributed by atoms with Gasteiger partial charge in [-0.05, 0) is 24.6 Å². The summed E-state index contributed by atoms with van der Waals surface area (Å²) >= 11 is 0. The Morgan fingerprint density at radius 2 is 2.05 bits per heavy atom. The molecule has 7 heteroatoms. The number of nitrogens with two attached hydrogens (primary N) is 1. The van der Waals surface area contributed by atoms with Crippen molar-refractivity contribution in [1.82, 2.24) is 15.3 Å². The number of aromatic nitrogens is 2. The molecule has 4 N–H and O–H groups in total. The van der Waals surface area contributed by atoms with Crippen LogP contribution < -0.4 is 16.4 Å². The van der Waals surface area contributed by atoms with Gasteiger partial charge in [0.15, 0.2) is 0 Å². The lowest BCUT2D eigenvalue weighted by molar-refractivity contribution is 0.0963. The molecular formula is C13H14FN5O. The third-order valence-electron chi connectivity index (χ3n) is 2.70. The summed E-state index contributed by atoms with van der Waals surface area (Å²) in [6, 6.07) is 6.27. The zero-order chi connectivity index (χ0) is 14.7. The molecule has 1 heterocycles. The second kappa shape index (κ2) is 5.52. The lowest BCUT2D eigenvalue weighted by atomic mass is 10.1. The molecule has 2 rings (SSSR count). The minimum absolute atomic E-state index is 0.160. The zero-order valence-electron chi connectivity index (χ0n) is 11.1. The number of benzene rings is 1. The number of aryl methyl sites for hydroxylation is 1. The molecule has 6 nitrogen and oxygen atoms in total. The van der Waals surface area contributed by atoms with Crippen LogP contribution in [0.3, 0.4) is 0 Å². The standard InChI is InChI=1S/C13H14FN5O/c1-7-3-4-8(12(20)16-2)5-9(7)17-11-6-10(14)18-13(15)19-11/h3-6H,1-2H3,(H,16,20)(H3,15,17,18,19). The minimum Gasteiger partial charge on any atom is -0.368 e. The van der Waals surface area contributed by atoms with Crippen LogP contribution >= 0.6 is 0 Å². The third kappa shape index (κ3) is 3.00. The first kappa shape index (κ1) is 13.7. The molecule has 0 aliphatic carbocycles. The molecule has 20 heavy (non-hydrogen) atoms. The molecule has 0 bridgehead atoms. The SMILES string of the molecule is CNC(=O)c1ccc(C)c(Nc2cc(F)nc(N)n2)c1. The molecule has 0 radical (unpaired) electrons. The predicted octanol–water partition coefficient (Wildman–Crippen LogP) is 1.61. The molecule has 0 saturated carbocycles. The molecule has 1 amide bonds. The van der Waals surface area contributed by atoms with E-state index in [0.717, 1.165) is 11.6 Å². The van der Waals surface area contributed by atoms with Crippen molar-refractivity contribution in [3.63, 3.8) is 0 Å². The maximum Gasteiger partial charge on any atom is 0.251 e. The molecule has 1 aromatic heterocycles. The number of amides is 1. The van der Waals surface area contributed by atoms with Gasteiger partial charge in [-0.25, -0.2) is 0 Å². The summed E-state index contributed by atoms with van der Waals surface area (Å²) in [6.45, 7) is 1.86. The van der Waals surface area contributed by atoms with E-state index in [9.17, 15) is 9.18 Å². The van der Waals surface area contributed by atoms with Crippen molar-refractivity contribution in [2.75, 3.05) is 18.1 Å². The van der Waals surface area contributed by atoms with Crippen LogP contribution in [0.15, 0.2) is 24.3 Å². The average Bonchev–Trinajstić information content (AvgIpc) is 2.39. The van der Waals surface area contributed by atoms with Gasteiger partial charge in [-0.1, -0.05) is 6.07 Å². The highest BCUT2D eigenvalue weighted by Crippen LogP contribution is 2.21. The van der Waals surface area contributed by atoms with E-state index in [-0.39, 0.29) is 17.7 Å². The lowest BCUT2D eigenvalue weighted by Crippen LogP contribution is -2.17. The Bertz CT molecular complexity index is 639. The van der Waals surface area contributed by atoms with Crippen LogP contribution in [-0.2, 0) is 0 Å². The average molecular weight is 275 g/mol. The van der Waals surface area contributed by atoms with Crippen LogP contribution in [-0.4, -0.2) is 22.9 Å². The van der Waals surface area contributed by atoms with E-state index in [1.807, 2.05) is 6.92 Å². The molecule has 0 spiro atoms. The van der Waals surface area contributed by atoms with Crippen LogP contribution in [0.1, 0.15) is 15.9 Å². The number of nitrogens with zero attached hydrogens (tertiary/aromatic N) is 2. The minimum atomic E-state index is -0.722. The predicted molar refractivity (Wildman–Crippen MR) is 74.3 cm³/mol. The summed E-state index contributed by atoms with van der Waals surface area (Å²) in [4.78, 5) is 18.8. The number of halogens is 1. The highest BCUT2D eigenvalue weighted by Gasteiger charge is 2.08. The Morgan fingerprint density at radius 3 is 2.70 bits per heavy atom. The Morgan fingerprint density at radius 1 is 1.30 bits per heavy atom. The van der Waals surface area contributed by atoms with Gasteiger partial charge in [-0.3, -0.25) is 4.79 Å². The molecule has 0 saturated heterocycles. The molecule has 2 aromatic rings. The first-order valence-electron chi connectivity index (χ1n) is 5.89. The number of nitrogens with one attached hydrogen (secondary N) is 2. The van der Waals surface area contributed by atoms with E-state index < -0.39 is 5.95 Å². The Hall–Kier alpha value is -2.70. The Kier molecular flexibility index (Phi) is 3.79. The molecular weight excluding hydrogens is 261 g/mol. The number of hydrogen-bond acceptors (Lipinski definition) is 5. The van der Waals surface area contributed by atoms with Gasteiger partial charge in [-0.15, -0.1) is 0 Å². The number of nitrogen functional groups attached to an aromatic ring is 1. The molecule has 0 atom stereocenters. The van der Waals surface area contributed by atoms with E-state index in [1.54, 1.807) is 25.2 Å². The fourth-order valence-electron chi connectivity index (χ4n) is 1.68. The number of carbonyl (C=O) groups is 1. The fourth-order valence-corrected chi connectivity index (χ4v) is 1.68. The van der Waals surface area contributed by atoms with Crippen molar-refractivity contribution in [2.45, 2.75) is 6.92 Å².